The number of unbranched alkanes of at least 4 members (excludes halogenated alkanes) is 38. The van der Waals surface area contributed by atoms with Gasteiger partial charge in [-0.2, -0.15) is 0 Å². The van der Waals surface area contributed by atoms with E-state index in [9.17, 15) is 25.9 Å². The zero-order valence-corrected chi connectivity index (χ0v) is 58.6. The molecule has 0 bridgehead atoms. The summed E-state index contributed by atoms with van der Waals surface area (Å²) in [5.41, 5.74) is 0. The highest BCUT2D eigenvalue weighted by molar-refractivity contribution is 7.85. The summed E-state index contributed by atoms with van der Waals surface area (Å²) in [5, 5.41) is 0. The first-order valence-electron chi connectivity index (χ1n) is 35.2. The van der Waals surface area contributed by atoms with E-state index < -0.39 is 34.8 Å². The Morgan fingerprint density at radius 1 is 0.192 bits per heavy atom. The maximum Gasteiger partial charge on any atom is 0.0945 e. The summed E-state index contributed by atoms with van der Waals surface area (Å²) in [6.07, 6.45) is 79.1. The molecule has 0 fully saturated rings. The van der Waals surface area contributed by atoms with Gasteiger partial charge in [0.1, 0.15) is 0 Å². The van der Waals surface area contributed by atoms with Crippen LogP contribution in [0.15, 0.2) is 0 Å². The van der Waals surface area contributed by atoms with Crippen LogP contribution < -0.4 is 0 Å². The normalized spacial score (nSPS) is 11.9. The summed E-state index contributed by atoms with van der Waals surface area (Å²) < 4.78 is 60.2. The van der Waals surface area contributed by atoms with Crippen molar-refractivity contribution in [3.05, 3.63) is 0 Å². The Bertz CT molecular complexity index is 1170. The molecule has 78 heavy (non-hydrogen) atoms. The summed E-state index contributed by atoms with van der Waals surface area (Å²) in [4.78, 5) is 0. The smallest absolute Gasteiger partial charge is 0.0945 e. The monoisotopic (exact) mass is 1190 g/mol. The fourth-order valence-electron chi connectivity index (χ4n) is 11.2. The van der Waals surface area contributed by atoms with E-state index in [0.717, 1.165) is 38.5 Å². The van der Waals surface area contributed by atoms with E-state index in [4.69, 9.17) is 0 Å². The molecule has 476 valence electrons. The van der Waals surface area contributed by atoms with Gasteiger partial charge in [0.2, 0.25) is 0 Å². The van der Waals surface area contributed by atoms with Crippen LogP contribution in [0.5, 0.6) is 0 Å². The van der Waals surface area contributed by atoms with E-state index >= 15 is 0 Å². The van der Waals surface area contributed by atoms with E-state index in [1.54, 1.807) is 75.0 Å². The average Bonchev–Trinajstić information content (AvgIpc) is 3.41. The third-order valence-electron chi connectivity index (χ3n) is 16.4. The van der Waals surface area contributed by atoms with Gasteiger partial charge in [0, 0.05) is 26.0 Å². The molecule has 0 radical (unpaired) electrons. The molecule has 0 N–H and O–H groups in total. The van der Waals surface area contributed by atoms with Crippen LogP contribution in [0.1, 0.15) is 377 Å². The molecule has 0 aromatic carbocycles. The first-order valence-corrected chi connectivity index (χ1v) is 43.4. The highest BCUT2D eigenvalue weighted by atomic mass is 32.2. The highest BCUT2D eigenvalue weighted by Crippen LogP contribution is 2.62. The molecule has 0 saturated carbocycles. The first-order chi connectivity index (χ1) is 37.6. The van der Waals surface area contributed by atoms with Crippen LogP contribution in [-0.2, 0) is 20.2 Å². The molecule has 0 aromatic heterocycles. The molecule has 10 heteroatoms. The van der Waals surface area contributed by atoms with Crippen LogP contribution >= 0.6 is 14.5 Å². The lowest BCUT2D eigenvalue weighted by Gasteiger charge is -2.28. The minimum atomic E-state index is -3.95. The van der Waals surface area contributed by atoms with Crippen molar-refractivity contribution in [2.24, 2.45) is 0 Å². The molecule has 0 aliphatic rings. The first kappa shape index (κ1) is 85.1. The Morgan fingerprint density at radius 2 is 0.308 bits per heavy atom. The topological polar surface area (TPSA) is 114 Å². The summed E-state index contributed by atoms with van der Waals surface area (Å²) >= 11 is 0. The summed E-state index contributed by atoms with van der Waals surface area (Å²) in [6.45, 7) is 22.8. The van der Waals surface area contributed by atoms with Crippen LogP contribution in [0.3, 0.4) is 0 Å². The van der Waals surface area contributed by atoms with Gasteiger partial charge in [-0.1, -0.05) is 262 Å². The van der Waals surface area contributed by atoms with Gasteiger partial charge >= 0.3 is 0 Å². The van der Waals surface area contributed by atoms with Gasteiger partial charge in [-0.05, 0) is 116 Å². The van der Waals surface area contributed by atoms with Crippen LogP contribution in [0.4, 0.5) is 0 Å². The SMILES string of the molecule is CCCCCCCC[P+](CCCCCCCC)(CCCCCCCC)CCCCCCCC.CCCCCCS(=O)(=O)[O-].CCCCCCS(=O)(=O)[O-].CCCCCC[P+](CCCCCC)(CCCCCC)CCCCCC. The Hall–Kier alpha value is 0.680. The van der Waals surface area contributed by atoms with Gasteiger partial charge < -0.3 is 9.11 Å². The fourth-order valence-corrected chi connectivity index (χ4v) is 22.1. The van der Waals surface area contributed by atoms with Crippen LogP contribution in [0.25, 0.3) is 0 Å². The molecular weight excluding hydrogens is 1040 g/mol. The zero-order chi connectivity index (χ0) is 59.0. The minimum Gasteiger partial charge on any atom is -0.748 e. The fraction of sp³-hybridized carbons (Fsp3) is 1.00. The molecule has 0 aromatic rings. The van der Waals surface area contributed by atoms with Crippen LogP contribution in [0.2, 0.25) is 0 Å². The number of rotatable bonds is 58. The summed E-state index contributed by atoms with van der Waals surface area (Å²) in [5.74, 6) is -0.403. The summed E-state index contributed by atoms with van der Waals surface area (Å²) in [6, 6.07) is 0. The number of hydrogen-bond acceptors (Lipinski definition) is 6. The molecule has 0 atom stereocenters. The maximum atomic E-state index is 10.0. The third-order valence-corrected chi connectivity index (χ3v) is 28.1. The van der Waals surface area contributed by atoms with Gasteiger partial charge in [0.25, 0.3) is 0 Å². The molecular formula is C68H146O6P2S2. The molecule has 6 nitrogen and oxygen atoms in total. The van der Waals surface area contributed by atoms with E-state index in [-0.39, 0.29) is 11.5 Å². The average molecular weight is 1190 g/mol. The quantitative estimate of drug-likeness (QED) is 0.0340. The second-order valence-electron chi connectivity index (χ2n) is 24.4. The lowest BCUT2D eigenvalue weighted by atomic mass is 10.1. The van der Waals surface area contributed by atoms with Crippen molar-refractivity contribution in [1.82, 2.24) is 0 Å². The van der Waals surface area contributed by atoms with Gasteiger partial charge in [-0.3, -0.25) is 0 Å². The van der Waals surface area contributed by atoms with Gasteiger partial charge in [-0.15, -0.1) is 0 Å². The third kappa shape index (κ3) is 70.9. The zero-order valence-electron chi connectivity index (χ0n) is 55.2. The van der Waals surface area contributed by atoms with Crippen molar-refractivity contribution in [2.75, 3.05) is 60.8 Å². The second-order valence-corrected chi connectivity index (χ2v) is 36.4. The van der Waals surface area contributed by atoms with Gasteiger partial charge in [0.05, 0.1) is 69.5 Å². The van der Waals surface area contributed by atoms with Gasteiger partial charge in [0.15, 0.2) is 0 Å². The van der Waals surface area contributed by atoms with Crippen LogP contribution in [0, 0.1) is 0 Å². The minimum absolute atomic E-state index is 0.201. The van der Waals surface area contributed by atoms with Crippen molar-refractivity contribution < 1.29 is 25.9 Å². The predicted octanol–water partition coefficient (Wildman–Crippen LogP) is 24.0. The van der Waals surface area contributed by atoms with Crippen LogP contribution in [-0.4, -0.2) is 86.7 Å². The maximum absolute atomic E-state index is 10.0. The molecule has 0 saturated heterocycles. The Morgan fingerprint density at radius 3 is 0.449 bits per heavy atom. The Labute approximate surface area is 496 Å². The predicted molar refractivity (Wildman–Crippen MR) is 360 cm³/mol. The highest BCUT2D eigenvalue weighted by Gasteiger charge is 2.36. The van der Waals surface area contributed by atoms with E-state index in [1.807, 2.05) is 13.8 Å². The van der Waals surface area contributed by atoms with Crippen molar-refractivity contribution >= 4 is 34.8 Å². The Balaban J connectivity index is -0.000000529. The molecule has 0 aliphatic carbocycles. The lowest BCUT2D eigenvalue weighted by Crippen LogP contribution is -2.13. The molecule has 0 aliphatic heterocycles. The van der Waals surface area contributed by atoms with Gasteiger partial charge in [-0.25, -0.2) is 16.8 Å². The van der Waals surface area contributed by atoms with E-state index in [0.29, 0.717) is 12.8 Å². The standard InChI is InChI=1S/C32H68P.C24H52P.2C6H14O3S/c1-5-9-13-17-21-25-29-33(30-26-22-18-14-10-6-2,31-27-23-19-15-11-7-3)32-28-24-20-16-12-8-4;1-5-9-13-17-21-25(22-18-14-10-6-2,23-19-15-11-7-3)24-20-16-12-8-4;2*1-2-3-4-5-6-10(7,8)9/h5-32H2,1-4H3;5-24H2,1-4H3;2*2-6H2,1H3,(H,7,8,9)/q2*+1;;/p-2. The molecule has 0 rings (SSSR count). The molecule has 0 unspecified atom stereocenters. The van der Waals surface area contributed by atoms with Crippen molar-refractivity contribution in [3.63, 3.8) is 0 Å². The van der Waals surface area contributed by atoms with Crippen molar-refractivity contribution in [3.8, 4) is 0 Å². The summed E-state index contributed by atoms with van der Waals surface area (Å²) in [7, 11) is -9.28. The number of hydrogen-bond donors (Lipinski definition) is 0. The van der Waals surface area contributed by atoms with E-state index in [1.165, 1.54) is 231 Å². The Kier molecular flexibility index (Phi) is 72.9. The second kappa shape index (κ2) is 66.8. The van der Waals surface area contributed by atoms with E-state index in [2.05, 4.69) is 55.4 Å². The van der Waals surface area contributed by atoms with Crippen molar-refractivity contribution in [1.29, 1.82) is 0 Å². The molecule has 0 spiro atoms. The largest absolute Gasteiger partial charge is 0.748 e. The molecule has 0 heterocycles. The molecule has 0 amide bonds. The van der Waals surface area contributed by atoms with Crippen molar-refractivity contribution in [2.45, 2.75) is 377 Å². The lowest BCUT2D eigenvalue weighted by molar-refractivity contribution is 0.457.